The van der Waals surface area contributed by atoms with Crippen molar-refractivity contribution in [2.45, 2.75) is 39.0 Å². The molecule has 0 N–H and O–H groups in total. The minimum atomic E-state index is 1.18. The average Bonchev–Trinajstić information content (AvgIpc) is 2.79. The van der Waals surface area contributed by atoms with Crippen LogP contribution in [-0.4, -0.2) is 0 Å². The first-order valence-corrected chi connectivity index (χ1v) is 11.3. The van der Waals surface area contributed by atoms with Crippen LogP contribution in [0.25, 0.3) is 49.2 Å². The van der Waals surface area contributed by atoms with Gasteiger partial charge in [-0.25, -0.2) is 0 Å². The maximum Gasteiger partial charge on any atom is -0.00987 e. The Kier molecular flexibility index (Phi) is 5.24. The smallest absolute Gasteiger partial charge is 0.00987 e. The van der Waals surface area contributed by atoms with Gasteiger partial charge in [-0.1, -0.05) is 99.0 Å². The van der Waals surface area contributed by atoms with Crippen molar-refractivity contribution < 1.29 is 0 Å². The summed E-state index contributed by atoms with van der Waals surface area (Å²) in [5.41, 5.74) is 1.30. The molecule has 30 heavy (non-hydrogen) atoms. The third kappa shape index (κ3) is 3.59. The lowest BCUT2D eigenvalue weighted by Gasteiger charge is -2.10. The molecule has 5 aromatic carbocycles. The van der Waals surface area contributed by atoms with Crippen molar-refractivity contribution in [3.05, 3.63) is 90.5 Å². The molecule has 0 aromatic heterocycles. The Labute approximate surface area is 178 Å². The zero-order valence-electron chi connectivity index (χ0n) is 17.7. The van der Waals surface area contributed by atoms with Gasteiger partial charge in [0.2, 0.25) is 0 Å². The van der Waals surface area contributed by atoms with Crippen LogP contribution in [0.15, 0.2) is 84.9 Å². The van der Waals surface area contributed by atoms with Crippen LogP contribution < -0.4 is 0 Å². The van der Waals surface area contributed by atoms with E-state index in [-0.39, 0.29) is 0 Å². The Morgan fingerprint density at radius 3 is 2.07 bits per heavy atom. The molecule has 0 amide bonds. The summed E-state index contributed by atoms with van der Waals surface area (Å²) in [6.07, 6.45) is 11.1. The molecule has 0 nitrogen and oxygen atoms in total. The van der Waals surface area contributed by atoms with Crippen molar-refractivity contribution >= 4 is 49.2 Å². The minimum absolute atomic E-state index is 1.18. The largest absolute Gasteiger partial charge is 0.0839 e. The molecule has 0 fully saturated rings. The number of hydrogen-bond donors (Lipinski definition) is 0. The van der Waals surface area contributed by atoms with Crippen LogP contribution in [0.5, 0.6) is 0 Å². The van der Waals surface area contributed by atoms with Crippen molar-refractivity contribution in [2.75, 3.05) is 0 Å². The van der Waals surface area contributed by atoms with Gasteiger partial charge in [0.05, 0.1) is 0 Å². The Bertz CT molecular complexity index is 1370. The van der Waals surface area contributed by atoms with E-state index in [9.17, 15) is 0 Å². The standard InChI is InChI=1S/C30H28/c1-2-3-4-5-6-7-10-22-13-16-27-25(19-22)14-18-29-28(27)17-15-26-20-23-11-8-9-12-24(23)21-30(26)29/h7-21H,2-6H2,1H3. The highest BCUT2D eigenvalue weighted by atomic mass is 14.1. The van der Waals surface area contributed by atoms with E-state index in [0.717, 1.165) is 0 Å². The summed E-state index contributed by atoms with van der Waals surface area (Å²) in [5.74, 6) is 0. The number of benzene rings is 5. The molecule has 0 aliphatic rings. The highest BCUT2D eigenvalue weighted by Crippen LogP contribution is 2.34. The summed E-state index contributed by atoms with van der Waals surface area (Å²) in [6.45, 7) is 2.26. The Hall–Kier alpha value is -3.12. The number of hydrogen-bond acceptors (Lipinski definition) is 0. The van der Waals surface area contributed by atoms with Crippen LogP contribution in [0.4, 0.5) is 0 Å². The topological polar surface area (TPSA) is 0 Å². The summed E-state index contributed by atoms with van der Waals surface area (Å²) in [7, 11) is 0. The second-order valence-electron chi connectivity index (χ2n) is 8.38. The van der Waals surface area contributed by atoms with Crippen LogP contribution in [0.1, 0.15) is 44.6 Å². The van der Waals surface area contributed by atoms with Crippen molar-refractivity contribution in [1.29, 1.82) is 0 Å². The van der Waals surface area contributed by atoms with E-state index < -0.39 is 0 Å². The van der Waals surface area contributed by atoms with Crippen LogP contribution in [0, 0.1) is 0 Å². The summed E-state index contributed by atoms with van der Waals surface area (Å²) in [5, 5.41) is 10.6. The second-order valence-corrected chi connectivity index (χ2v) is 8.38. The van der Waals surface area contributed by atoms with E-state index in [2.05, 4.69) is 97.9 Å². The minimum Gasteiger partial charge on any atom is -0.0839 e. The van der Waals surface area contributed by atoms with Crippen molar-refractivity contribution in [1.82, 2.24) is 0 Å². The summed E-state index contributed by atoms with van der Waals surface area (Å²) in [4.78, 5) is 0. The van der Waals surface area contributed by atoms with Gasteiger partial charge in [-0.05, 0) is 79.7 Å². The van der Waals surface area contributed by atoms with Gasteiger partial charge in [0.1, 0.15) is 0 Å². The predicted octanol–water partition coefficient (Wildman–Crippen LogP) is 9.28. The molecule has 0 saturated carbocycles. The third-order valence-corrected chi connectivity index (χ3v) is 6.26. The Morgan fingerprint density at radius 1 is 0.567 bits per heavy atom. The van der Waals surface area contributed by atoms with Gasteiger partial charge in [0, 0.05) is 0 Å². The van der Waals surface area contributed by atoms with Gasteiger partial charge >= 0.3 is 0 Å². The molecule has 5 rings (SSSR count). The van der Waals surface area contributed by atoms with Gasteiger partial charge in [0.15, 0.2) is 0 Å². The van der Waals surface area contributed by atoms with Gasteiger partial charge in [-0.3, -0.25) is 0 Å². The molecule has 0 saturated heterocycles. The van der Waals surface area contributed by atoms with Crippen LogP contribution in [0.2, 0.25) is 0 Å². The first-order chi connectivity index (χ1) is 14.8. The fourth-order valence-electron chi connectivity index (χ4n) is 4.60. The summed E-state index contributed by atoms with van der Waals surface area (Å²) in [6, 6.07) is 29.3. The molecule has 0 spiro atoms. The molecular weight excluding hydrogens is 360 g/mol. The van der Waals surface area contributed by atoms with Crippen LogP contribution in [-0.2, 0) is 0 Å². The van der Waals surface area contributed by atoms with Crippen molar-refractivity contribution in [2.24, 2.45) is 0 Å². The first kappa shape index (κ1) is 18.9. The molecule has 0 bridgehead atoms. The quantitative estimate of drug-likeness (QED) is 0.154. The van der Waals surface area contributed by atoms with Crippen LogP contribution >= 0.6 is 0 Å². The molecule has 0 atom stereocenters. The van der Waals surface area contributed by atoms with E-state index in [1.54, 1.807) is 0 Å². The molecule has 0 heteroatoms. The molecule has 0 heterocycles. The first-order valence-electron chi connectivity index (χ1n) is 11.3. The molecule has 0 aliphatic carbocycles. The lowest BCUT2D eigenvalue weighted by molar-refractivity contribution is 0.675. The van der Waals surface area contributed by atoms with Crippen LogP contribution in [0.3, 0.4) is 0 Å². The maximum atomic E-state index is 2.34. The van der Waals surface area contributed by atoms with Gasteiger partial charge in [0.25, 0.3) is 0 Å². The Morgan fingerprint density at radius 2 is 1.27 bits per heavy atom. The number of fused-ring (bicyclic) bond motifs is 6. The molecular formula is C30H28. The monoisotopic (exact) mass is 388 g/mol. The van der Waals surface area contributed by atoms with E-state index in [0.29, 0.717) is 0 Å². The highest BCUT2D eigenvalue weighted by Gasteiger charge is 2.06. The molecule has 0 unspecified atom stereocenters. The van der Waals surface area contributed by atoms with E-state index in [1.807, 2.05) is 0 Å². The van der Waals surface area contributed by atoms with E-state index in [4.69, 9.17) is 0 Å². The average molecular weight is 389 g/mol. The highest BCUT2D eigenvalue weighted by molar-refractivity contribution is 6.19. The SMILES string of the molecule is CCCCCCC=Cc1ccc2c(ccc3c4cc5ccccc5cc4ccc23)c1. The van der Waals surface area contributed by atoms with Gasteiger partial charge < -0.3 is 0 Å². The van der Waals surface area contributed by atoms with E-state index in [1.165, 1.54) is 80.8 Å². The van der Waals surface area contributed by atoms with Crippen molar-refractivity contribution in [3.8, 4) is 0 Å². The fraction of sp³-hybridized carbons (Fsp3) is 0.200. The van der Waals surface area contributed by atoms with E-state index >= 15 is 0 Å². The molecule has 148 valence electrons. The number of rotatable bonds is 6. The zero-order chi connectivity index (χ0) is 20.3. The lowest BCUT2D eigenvalue weighted by Crippen LogP contribution is -1.83. The molecule has 5 aromatic rings. The van der Waals surface area contributed by atoms with Gasteiger partial charge in [-0.15, -0.1) is 0 Å². The maximum absolute atomic E-state index is 2.34. The zero-order valence-corrected chi connectivity index (χ0v) is 17.7. The molecule has 0 aliphatic heterocycles. The predicted molar refractivity (Wildman–Crippen MR) is 134 cm³/mol. The fourth-order valence-corrected chi connectivity index (χ4v) is 4.60. The summed E-state index contributed by atoms with van der Waals surface area (Å²) < 4.78 is 0. The van der Waals surface area contributed by atoms with Gasteiger partial charge in [-0.2, -0.15) is 0 Å². The summed E-state index contributed by atoms with van der Waals surface area (Å²) >= 11 is 0. The second kappa shape index (κ2) is 8.32. The van der Waals surface area contributed by atoms with Crippen molar-refractivity contribution in [3.63, 3.8) is 0 Å². The Balaban J connectivity index is 1.53. The number of allylic oxidation sites excluding steroid dienone is 1. The normalized spacial score (nSPS) is 12.0. The lowest BCUT2D eigenvalue weighted by atomic mass is 9.94. The number of unbranched alkanes of at least 4 members (excludes halogenated alkanes) is 4. The third-order valence-electron chi connectivity index (χ3n) is 6.26. The molecule has 0 radical (unpaired) electrons.